The van der Waals surface area contributed by atoms with Crippen molar-refractivity contribution >= 4 is 0 Å². The standard InChI is InChI=1S/C19H23NO3/c1-14-9-17(21-12-15-5-3-2-4-6-15)11-18(10-14)22-13-19(23-20)16-7-8-16/h2-6,9-11,16,19H,7-8,12-13,20H2,1H3. The van der Waals surface area contributed by atoms with Crippen LogP contribution in [0.25, 0.3) is 0 Å². The van der Waals surface area contributed by atoms with Crippen molar-refractivity contribution in [2.45, 2.75) is 32.5 Å². The highest BCUT2D eigenvalue weighted by Gasteiger charge is 2.32. The summed E-state index contributed by atoms with van der Waals surface area (Å²) < 4.78 is 11.7. The van der Waals surface area contributed by atoms with Crippen molar-refractivity contribution in [3.05, 3.63) is 59.7 Å². The fraction of sp³-hybridized carbons (Fsp3) is 0.368. The Kier molecular flexibility index (Phi) is 5.16. The molecule has 2 N–H and O–H groups in total. The number of benzene rings is 2. The van der Waals surface area contributed by atoms with Crippen molar-refractivity contribution < 1.29 is 14.3 Å². The molecule has 0 bridgehead atoms. The lowest BCUT2D eigenvalue weighted by Crippen LogP contribution is -2.26. The van der Waals surface area contributed by atoms with Gasteiger partial charge in [0.25, 0.3) is 0 Å². The first-order valence-corrected chi connectivity index (χ1v) is 8.01. The number of nitrogens with two attached hydrogens (primary N) is 1. The Morgan fingerprint density at radius 3 is 2.39 bits per heavy atom. The Balaban J connectivity index is 1.59. The Morgan fingerprint density at radius 1 is 1.04 bits per heavy atom. The predicted octanol–water partition coefficient (Wildman–Crippen LogP) is 3.62. The van der Waals surface area contributed by atoms with Crippen molar-refractivity contribution in [3.8, 4) is 11.5 Å². The fourth-order valence-electron chi connectivity index (χ4n) is 2.55. The van der Waals surface area contributed by atoms with Crippen LogP contribution >= 0.6 is 0 Å². The van der Waals surface area contributed by atoms with Gasteiger partial charge in [-0.2, -0.15) is 0 Å². The van der Waals surface area contributed by atoms with Gasteiger partial charge in [-0.05, 0) is 48.9 Å². The molecular formula is C19H23NO3. The van der Waals surface area contributed by atoms with Gasteiger partial charge in [-0.1, -0.05) is 30.3 Å². The lowest BCUT2D eigenvalue weighted by Gasteiger charge is -2.16. The summed E-state index contributed by atoms with van der Waals surface area (Å²) in [5, 5.41) is 0. The Labute approximate surface area is 137 Å². The summed E-state index contributed by atoms with van der Waals surface area (Å²) in [6.07, 6.45) is 2.32. The van der Waals surface area contributed by atoms with Gasteiger partial charge < -0.3 is 9.47 Å². The molecule has 0 saturated heterocycles. The van der Waals surface area contributed by atoms with Crippen molar-refractivity contribution in [1.29, 1.82) is 0 Å². The Hall–Kier alpha value is -2.04. The van der Waals surface area contributed by atoms with Crippen molar-refractivity contribution in [2.75, 3.05) is 6.61 Å². The van der Waals surface area contributed by atoms with E-state index in [2.05, 4.69) is 0 Å². The number of hydrogen-bond acceptors (Lipinski definition) is 4. The van der Waals surface area contributed by atoms with Gasteiger partial charge in [-0.3, -0.25) is 4.84 Å². The molecule has 0 heterocycles. The fourth-order valence-corrected chi connectivity index (χ4v) is 2.55. The van der Waals surface area contributed by atoms with E-state index in [1.807, 2.05) is 55.5 Å². The molecule has 23 heavy (non-hydrogen) atoms. The normalized spacial score (nSPS) is 15.2. The smallest absolute Gasteiger partial charge is 0.123 e. The lowest BCUT2D eigenvalue weighted by atomic mass is 10.2. The summed E-state index contributed by atoms with van der Waals surface area (Å²) >= 11 is 0. The third kappa shape index (κ3) is 4.71. The minimum atomic E-state index is -0.0239. The van der Waals surface area contributed by atoms with Gasteiger partial charge >= 0.3 is 0 Å². The first-order chi connectivity index (χ1) is 11.2. The summed E-state index contributed by atoms with van der Waals surface area (Å²) in [4.78, 5) is 5.01. The van der Waals surface area contributed by atoms with Crippen LogP contribution in [0.2, 0.25) is 0 Å². The van der Waals surface area contributed by atoms with E-state index in [1.54, 1.807) is 0 Å². The summed E-state index contributed by atoms with van der Waals surface area (Å²) in [5.74, 6) is 7.48. The highest BCUT2D eigenvalue weighted by Crippen LogP contribution is 2.34. The molecule has 2 aromatic carbocycles. The van der Waals surface area contributed by atoms with Crippen LogP contribution in [-0.4, -0.2) is 12.7 Å². The van der Waals surface area contributed by atoms with Crippen molar-refractivity contribution in [1.82, 2.24) is 0 Å². The molecule has 1 unspecified atom stereocenters. The third-order valence-corrected chi connectivity index (χ3v) is 4.01. The van der Waals surface area contributed by atoms with Crippen LogP contribution in [0.15, 0.2) is 48.5 Å². The van der Waals surface area contributed by atoms with Crippen molar-refractivity contribution in [2.24, 2.45) is 11.8 Å². The molecule has 0 aliphatic heterocycles. The minimum Gasteiger partial charge on any atom is -0.491 e. The molecule has 4 nitrogen and oxygen atoms in total. The average molecular weight is 313 g/mol. The van der Waals surface area contributed by atoms with E-state index in [4.69, 9.17) is 20.2 Å². The van der Waals surface area contributed by atoms with E-state index >= 15 is 0 Å². The first-order valence-electron chi connectivity index (χ1n) is 8.01. The second-order valence-corrected chi connectivity index (χ2v) is 6.08. The van der Waals surface area contributed by atoms with Gasteiger partial charge in [-0.15, -0.1) is 0 Å². The summed E-state index contributed by atoms with van der Waals surface area (Å²) in [7, 11) is 0. The molecule has 1 fully saturated rings. The molecule has 0 aromatic heterocycles. The van der Waals surface area contributed by atoms with E-state index in [0.717, 1.165) is 22.6 Å². The van der Waals surface area contributed by atoms with Crippen LogP contribution in [-0.2, 0) is 11.4 Å². The Bertz CT molecular complexity index is 626. The number of aryl methyl sites for hydroxylation is 1. The van der Waals surface area contributed by atoms with Crippen LogP contribution in [0, 0.1) is 12.8 Å². The molecule has 1 aliphatic rings. The summed E-state index contributed by atoms with van der Waals surface area (Å²) in [6, 6.07) is 16.0. The van der Waals surface area contributed by atoms with Gasteiger partial charge in [0.1, 0.15) is 30.8 Å². The Morgan fingerprint density at radius 2 is 1.74 bits per heavy atom. The average Bonchev–Trinajstić information content (AvgIpc) is 3.39. The molecule has 0 spiro atoms. The maximum absolute atomic E-state index is 5.87. The van der Waals surface area contributed by atoms with E-state index in [1.165, 1.54) is 12.8 Å². The molecule has 0 amide bonds. The van der Waals surface area contributed by atoms with Crippen LogP contribution in [0.3, 0.4) is 0 Å². The molecule has 122 valence electrons. The summed E-state index contributed by atoms with van der Waals surface area (Å²) in [5.41, 5.74) is 2.24. The third-order valence-electron chi connectivity index (χ3n) is 4.01. The molecule has 1 atom stereocenters. The maximum atomic E-state index is 5.87. The van der Waals surface area contributed by atoms with Crippen LogP contribution in [0.1, 0.15) is 24.0 Å². The lowest BCUT2D eigenvalue weighted by molar-refractivity contribution is 0.00551. The van der Waals surface area contributed by atoms with E-state index in [-0.39, 0.29) is 6.10 Å². The van der Waals surface area contributed by atoms with E-state index in [9.17, 15) is 0 Å². The molecule has 0 radical (unpaired) electrons. The van der Waals surface area contributed by atoms with Gasteiger partial charge in [0.15, 0.2) is 0 Å². The number of rotatable bonds is 8. The first kappa shape index (κ1) is 15.8. The zero-order valence-corrected chi connectivity index (χ0v) is 13.4. The molecule has 1 saturated carbocycles. The van der Waals surface area contributed by atoms with Gasteiger partial charge in [0.2, 0.25) is 0 Å². The highest BCUT2D eigenvalue weighted by molar-refractivity contribution is 5.38. The monoisotopic (exact) mass is 313 g/mol. The second-order valence-electron chi connectivity index (χ2n) is 6.08. The second kappa shape index (κ2) is 7.49. The zero-order chi connectivity index (χ0) is 16.1. The minimum absolute atomic E-state index is 0.0239. The number of ether oxygens (including phenoxy) is 2. The molecule has 3 rings (SSSR count). The largest absolute Gasteiger partial charge is 0.491 e. The zero-order valence-electron chi connectivity index (χ0n) is 13.4. The van der Waals surface area contributed by atoms with Gasteiger partial charge in [0, 0.05) is 6.07 Å². The highest BCUT2D eigenvalue weighted by atomic mass is 16.6. The molecule has 1 aliphatic carbocycles. The van der Waals surface area contributed by atoms with Crippen LogP contribution < -0.4 is 15.4 Å². The van der Waals surface area contributed by atoms with Gasteiger partial charge in [0.05, 0.1) is 0 Å². The SMILES string of the molecule is Cc1cc(OCc2ccccc2)cc(OCC(ON)C2CC2)c1. The predicted molar refractivity (Wildman–Crippen MR) is 89.2 cm³/mol. The summed E-state index contributed by atoms with van der Waals surface area (Å²) in [6.45, 7) is 3.04. The topological polar surface area (TPSA) is 53.7 Å². The maximum Gasteiger partial charge on any atom is 0.123 e. The molecular weight excluding hydrogens is 290 g/mol. The molecule has 2 aromatic rings. The quantitative estimate of drug-likeness (QED) is 0.756. The number of hydrogen-bond donors (Lipinski definition) is 1. The van der Waals surface area contributed by atoms with E-state index < -0.39 is 0 Å². The van der Waals surface area contributed by atoms with Gasteiger partial charge in [-0.25, -0.2) is 5.90 Å². The van der Waals surface area contributed by atoms with Crippen LogP contribution in [0.5, 0.6) is 11.5 Å². The molecule has 4 heteroatoms. The van der Waals surface area contributed by atoms with Crippen molar-refractivity contribution in [3.63, 3.8) is 0 Å². The van der Waals surface area contributed by atoms with Crippen LogP contribution in [0.4, 0.5) is 0 Å². The van der Waals surface area contributed by atoms with E-state index in [0.29, 0.717) is 19.1 Å².